The summed E-state index contributed by atoms with van der Waals surface area (Å²) in [4.78, 5) is 4.13. The summed E-state index contributed by atoms with van der Waals surface area (Å²) in [5.74, 6) is 0. The van der Waals surface area contributed by atoms with Gasteiger partial charge < -0.3 is 0 Å². The van der Waals surface area contributed by atoms with Gasteiger partial charge >= 0.3 is 0 Å². The average molecular weight is 212 g/mol. The predicted octanol–water partition coefficient (Wildman–Crippen LogP) is 3.29. The summed E-state index contributed by atoms with van der Waals surface area (Å²) in [6, 6.07) is 8.68. The van der Waals surface area contributed by atoms with E-state index in [1.54, 1.807) is 0 Å². The van der Waals surface area contributed by atoms with Gasteiger partial charge in [0.05, 0.1) is 0 Å². The van der Waals surface area contributed by atoms with Crippen molar-refractivity contribution >= 4 is 36.5 Å². The second-order valence-electron chi connectivity index (χ2n) is 2.61. The quantitative estimate of drug-likeness (QED) is 0.636. The van der Waals surface area contributed by atoms with Crippen molar-refractivity contribution in [3.8, 4) is 9.75 Å². The van der Waals surface area contributed by atoms with E-state index in [2.05, 4.69) is 40.4 Å². The van der Waals surface area contributed by atoms with Gasteiger partial charge in [0.2, 0.25) is 0 Å². The Morgan fingerprint density at radius 2 is 1.67 bits per heavy atom. The maximum atomic E-state index is 2.73. The van der Waals surface area contributed by atoms with E-state index in [9.17, 15) is 0 Å². The van der Waals surface area contributed by atoms with E-state index in [1.807, 2.05) is 22.7 Å². The molecule has 0 saturated carbocycles. The highest BCUT2D eigenvalue weighted by atomic mass is 32.1. The van der Waals surface area contributed by atoms with Crippen LogP contribution in [0.2, 0.25) is 0 Å². The molecule has 0 aromatic carbocycles. The van der Waals surface area contributed by atoms with Crippen molar-refractivity contribution < 1.29 is 0 Å². The molecule has 2 rings (SSSR count). The molecule has 0 bridgehead atoms. The summed E-state index contributed by atoms with van der Waals surface area (Å²) in [6.45, 7) is 2.14. The molecule has 0 aliphatic rings. The van der Waals surface area contributed by atoms with Crippen molar-refractivity contribution in [3.63, 3.8) is 0 Å². The standard InChI is InChI=1S/C9H9PS2/c1-6-2-3-7(11-6)8-4-5-9(10)12-8/h2-5H,10H2,1H3. The zero-order chi connectivity index (χ0) is 8.55. The van der Waals surface area contributed by atoms with Crippen LogP contribution in [0.5, 0.6) is 0 Å². The molecule has 0 nitrogen and oxygen atoms in total. The van der Waals surface area contributed by atoms with Gasteiger partial charge in [0.1, 0.15) is 0 Å². The summed E-state index contributed by atoms with van der Waals surface area (Å²) in [5.41, 5.74) is 0. The normalized spacial score (nSPS) is 10.5. The van der Waals surface area contributed by atoms with Crippen LogP contribution in [-0.2, 0) is 0 Å². The lowest BCUT2D eigenvalue weighted by molar-refractivity contribution is 1.64. The first-order valence-corrected chi connectivity index (χ1v) is 5.89. The van der Waals surface area contributed by atoms with Gasteiger partial charge in [0, 0.05) is 19.2 Å². The first kappa shape index (κ1) is 8.43. The highest BCUT2D eigenvalue weighted by Gasteiger charge is 2.01. The zero-order valence-corrected chi connectivity index (χ0v) is 9.49. The first-order chi connectivity index (χ1) is 5.75. The molecule has 0 aliphatic carbocycles. The minimum atomic E-state index is 1.30. The Bertz CT molecular complexity index is 348. The van der Waals surface area contributed by atoms with Gasteiger partial charge in [-0.25, -0.2) is 0 Å². The number of hydrogen-bond donors (Lipinski definition) is 0. The molecule has 1 atom stereocenters. The van der Waals surface area contributed by atoms with Gasteiger partial charge in [-0.1, -0.05) is 9.24 Å². The van der Waals surface area contributed by atoms with E-state index >= 15 is 0 Å². The largest absolute Gasteiger partial charge is 0.140 e. The van der Waals surface area contributed by atoms with Crippen molar-refractivity contribution in [1.29, 1.82) is 0 Å². The second-order valence-corrected chi connectivity index (χ2v) is 6.06. The topological polar surface area (TPSA) is 0 Å². The third-order valence-corrected chi connectivity index (χ3v) is 4.27. The van der Waals surface area contributed by atoms with Crippen LogP contribution in [0.15, 0.2) is 24.3 Å². The van der Waals surface area contributed by atoms with Crippen LogP contribution in [0.25, 0.3) is 9.75 Å². The Hall–Kier alpha value is -0.170. The van der Waals surface area contributed by atoms with Crippen LogP contribution in [0, 0.1) is 6.92 Å². The van der Waals surface area contributed by atoms with Gasteiger partial charge in [0.15, 0.2) is 0 Å². The summed E-state index contributed by atoms with van der Waals surface area (Å²) in [5, 5.41) is 0. The molecule has 0 saturated heterocycles. The molecule has 0 spiro atoms. The van der Waals surface area contributed by atoms with Crippen LogP contribution in [0.4, 0.5) is 0 Å². The van der Waals surface area contributed by atoms with Crippen LogP contribution in [-0.4, -0.2) is 0 Å². The Labute approximate surface area is 82.5 Å². The average Bonchev–Trinajstić information content (AvgIpc) is 2.58. The van der Waals surface area contributed by atoms with E-state index in [0.717, 1.165) is 0 Å². The number of rotatable bonds is 1. The van der Waals surface area contributed by atoms with Crippen LogP contribution >= 0.6 is 31.9 Å². The zero-order valence-electron chi connectivity index (χ0n) is 6.70. The van der Waals surface area contributed by atoms with Crippen LogP contribution in [0.1, 0.15) is 4.88 Å². The predicted molar refractivity (Wildman–Crippen MR) is 61.7 cm³/mol. The van der Waals surface area contributed by atoms with Crippen molar-refractivity contribution in [2.45, 2.75) is 6.92 Å². The lowest BCUT2D eigenvalue weighted by Crippen LogP contribution is -1.69. The van der Waals surface area contributed by atoms with E-state index in [-0.39, 0.29) is 0 Å². The van der Waals surface area contributed by atoms with Crippen molar-refractivity contribution in [2.24, 2.45) is 0 Å². The maximum Gasteiger partial charge on any atom is 0.0449 e. The molecule has 2 aromatic heterocycles. The van der Waals surface area contributed by atoms with Gasteiger partial charge in [-0.3, -0.25) is 0 Å². The van der Waals surface area contributed by atoms with Gasteiger partial charge in [-0.05, 0) is 31.2 Å². The summed E-state index contributed by atoms with van der Waals surface area (Å²) in [6.07, 6.45) is 0. The molecular formula is C9H9PS2. The van der Waals surface area contributed by atoms with Crippen molar-refractivity contribution in [2.75, 3.05) is 0 Å². The second kappa shape index (κ2) is 3.29. The molecule has 0 aliphatic heterocycles. The summed E-state index contributed by atoms with van der Waals surface area (Å²) >= 11 is 3.68. The first-order valence-electron chi connectivity index (χ1n) is 3.68. The highest BCUT2D eigenvalue weighted by molar-refractivity contribution is 7.44. The molecule has 0 fully saturated rings. The molecular weight excluding hydrogens is 203 g/mol. The summed E-state index contributed by atoms with van der Waals surface area (Å²) in [7, 11) is 2.73. The molecule has 62 valence electrons. The van der Waals surface area contributed by atoms with E-state index in [4.69, 9.17) is 0 Å². The van der Waals surface area contributed by atoms with Gasteiger partial charge in [-0.15, -0.1) is 22.7 Å². The molecule has 0 N–H and O–H groups in total. The molecule has 0 radical (unpaired) electrons. The van der Waals surface area contributed by atoms with Gasteiger partial charge in [-0.2, -0.15) is 0 Å². The van der Waals surface area contributed by atoms with E-state index in [0.29, 0.717) is 0 Å². The minimum absolute atomic E-state index is 1.30. The molecule has 1 unspecified atom stereocenters. The molecule has 2 heterocycles. The van der Waals surface area contributed by atoms with Crippen molar-refractivity contribution in [1.82, 2.24) is 0 Å². The lowest BCUT2D eigenvalue weighted by atomic mass is 10.4. The molecule has 12 heavy (non-hydrogen) atoms. The summed E-state index contributed by atoms with van der Waals surface area (Å²) < 4.78 is 1.30. The van der Waals surface area contributed by atoms with Crippen molar-refractivity contribution in [3.05, 3.63) is 29.1 Å². The molecule has 2 aromatic rings. The Morgan fingerprint density at radius 3 is 2.17 bits per heavy atom. The van der Waals surface area contributed by atoms with E-state index in [1.165, 1.54) is 19.2 Å². The van der Waals surface area contributed by atoms with Crippen LogP contribution < -0.4 is 4.62 Å². The number of aryl methyl sites for hydroxylation is 1. The fraction of sp³-hybridized carbons (Fsp3) is 0.111. The lowest BCUT2D eigenvalue weighted by Gasteiger charge is -1.87. The molecule has 0 amide bonds. The minimum Gasteiger partial charge on any atom is -0.140 e. The monoisotopic (exact) mass is 212 g/mol. The highest BCUT2D eigenvalue weighted by Crippen LogP contribution is 2.30. The third kappa shape index (κ3) is 1.61. The Morgan fingerprint density at radius 1 is 1.00 bits per heavy atom. The number of hydrogen-bond acceptors (Lipinski definition) is 2. The van der Waals surface area contributed by atoms with Gasteiger partial charge in [0.25, 0.3) is 0 Å². The van der Waals surface area contributed by atoms with E-state index < -0.39 is 0 Å². The fourth-order valence-corrected chi connectivity index (χ4v) is 3.26. The number of thiophene rings is 2. The van der Waals surface area contributed by atoms with Crippen LogP contribution in [0.3, 0.4) is 0 Å². The molecule has 3 heteroatoms. The Kier molecular flexibility index (Phi) is 2.31. The Balaban J connectivity index is 2.43. The SMILES string of the molecule is Cc1ccc(-c2ccc(P)s2)s1. The maximum absolute atomic E-state index is 2.73. The third-order valence-electron chi connectivity index (χ3n) is 1.61. The fourth-order valence-electron chi connectivity index (χ4n) is 1.05. The smallest absolute Gasteiger partial charge is 0.0449 e.